The molecule has 1 N–H and O–H groups in total. The summed E-state index contributed by atoms with van der Waals surface area (Å²) in [5.41, 5.74) is 2.87. The van der Waals surface area contributed by atoms with Gasteiger partial charge in [-0.05, 0) is 12.1 Å². The molecule has 0 aliphatic carbocycles. The van der Waals surface area contributed by atoms with Crippen LogP contribution in [0, 0.1) is 5.82 Å². The third-order valence-corrected chi connectivity index (χ3v) is 4.10. The van der Waals surface area contributed by atoms with Gasteiger partial charge in [-0.25, -0.2) is 9.18 Å². The van der Waals surface area contributed by atoms with Crippen LogP contribution in [0.4, 0.5) is 4.39 Å². The molecule has 0 atom stereocenters. The summed E-state index contributed by atoms with van der Waals surface area (Å²) in [5.74, 6) is -0.444. The van der Waals surface area contributed by atoms with Crippen molar-refractivity contribution in [3.8, 4) is 28.2 Å². The van der Waals surface area contributed by atoms with E-state index in [4.69, 9.17) is 0 Å². The Hall–Kier alpha value is -3.40. The number of para-hydroxylation sites is 1. The first-order valence-corrected chi connectivity index (χ1v) is 7.96. The third kappa shape index (κ3) is 2.68. The van der Waals surface area contributed by atoms with E-state index in [1.165, 1.54) is 10.6 Å². The number of halogens is 1. The topological polar surface area (TPSA) is 37.8 Å². The zero-order valence-electron chi connectivity index (χ0n) is 13.3. The standard InChI is InChI=1S/C21H15FN2O/c22-17-13-7-8-14-18(17)24-20(16-11-5-2-6-12-16)19(23-21(24)25)15-9-3-1-4-10-15/h1-14H,(H,23,25). The fourth-order valence-corrected chi connectivity index (χ4v) is 2.98. The zero-order valence-corrected chi connectivity index (χ0v) is 13.3. The van der Waals surface area contributed by atoms with Crippen LogP contribution in [-0.4, -0.2) is 9.55 Å². The Bertz CT molecular complexity index is 1070. The number of hydrogen-bond acceptors (Lipinski definition) is 1. The molecule has 0 radical (unpaired) electrons. The van der Waals surface area contributed by atoms with Crippen molar-refractivity contribution in [3.05, 3.63) is 101 Å². The van der Waals surface area contributed by atoms with Gasteiger partial charge in [-0.1, -0.05) is 72.8 Å². The molecule has 4 rings (SSSR count). The van der Waals surface area contributed by atoms with Gasteiger partial charge in [-0.3, -0.25) is 4.57 Å². The van der Waals surface area contributed by atoms with Crippen LogP contribution >= 0.6 is 0 Å². The van der Waals surface area contributed by atoms with Crippen LogP contribution in [-0.2, 0) is 0 Å². The number of H-pyrrole nitrogens is 1. The van der Waals surface area contributed by atoms with Gasteiger partial charge in [0.05, 0.1) is 17.1 Å². The van der Waals surface area contributed by atoms with Gasteiger partial charge in [0.1, 0.15) is 5.82 Å². The van der Waals surface area contributed by atoms with E-state index in [9.17, 15) is 9.18 Å². The van der Waals surface area contributed by atoms with Crippen LogP contribution in [0.15, 0.2) is 89.7 Å². The second kappa shape index (κ2) is 6.24. The first-order valence-electron chi connectivity index (χ1n) is 7.96. The summed E-state index contributed by atoms with van der Waals surface area (Å²) in [7, 11) is 0. The Morgan fingerprint density at radius 1 is 0.720 bits per heavy atom. The van der Waals surface area contributed by atoms with Crippen molar-refractivity contribution < 1.29 is 4.39 Å². The molecule has 0 fully saturated rings. The average molecular weight is 330 g/mol. The molecule has 0 unspecified atom stereocenters. The molecule has 0 amide bonds. The minimum atomic E-state index is -0.444. The number of aromatic amines is 1. The molecule has 25 heavy (non-hydrogen) atoms. The van der Waals surface area contributed by atoms with Crippen molar-refractivity contribution in [2.75, 3.05) is 0 Å². The highest BCUT2D eigenvalue weighted by Gasteiger charge is 2.20. The Labute approximate surface area is 144 Å². The quantitative estimate of drug-likeness (QED) is 0.584. The molecule has 0 aliphatic heterocycles. The van der Waals surface area contributed by atoms with E-state index in [2.05, 4.69) is 4.98 Å². The summed E-state index contributed by atoms with van der Waals surface area (Å²) in [6.45, 7) is 0. The smallest absolute Gasteiger partial charge is 0.305 e. The third-order valence-electron chi connectivity index (χ3n) is 4.10. The molecule has 0 bridgehead atoms. The summed E-state index contributed by atoms with van der Waals surface area (Å²) in [6, 6.07) is 25.4. The molecule has 1 heterocycles. The molecule has 0 spiro atoms. The monoisotopic (exact) mass is 330 g/mol. The average Bonchev–Trinajstić information content (AvgIpc) is 3.01. The molecule has 1 aromatic heterocycles. The predicted octanol–water partition coefficient (Wildman–Crippen LogP) is 4.64. The highest BCUT2D eigenvalue weighted by Crippen LogP contribution is 2.31. The molecule has 3 aromatic carbocycles. The lowest BCUT2D eigenvalue weighted by Gasteiger charge is -2.11. The second-order valence-electron chi connectivity index (χ2n) is 5.67. The van der Waals surface area contributed by atoms with Gasteiger partial charge < -0.3 is 4.98 Å². The van der Waals surface area contributed by atoms with Gasteiger partial charge in [0, 0.05) is 11.1 Å². The van der Waals surface area contributed by atoms with Gasteiger partial charge in [-0.2, -0.15) is 0 Å². The number of nitrogens with one attached hydrogen (secondary N) is 1. The van der Waals surface area contributed by atoms with Crippen molar-refractivity contribution in [1.29, 1.82) is 0 Å². The largest absolute Gasteiger partial charge is 0.331 e. The molecule has 3 nitrogen and oxygen atoms in total. The molecule has 0 aliphatic rings. The van der Waals surface area contributed by atoms with Crippen molar-refractivity contribution in [3.63, 3.8) is 0 Å². The summed E-state index contributed by atoms with van der Waals surface area (Å²) in [5, 5.41) is 0. The molecular formula is C21H15FN2O. The summed E-state index contributed by atoms with van der Waals surface area (Å²) >= 11 is 0. The van der Waals surface area contributed by atoms with Gasteiger partial charge >= 0.3 is 5.69 Å². The Morgan fingerprint density at radius 3 is 1.92 bits per heavy atom. The normalized spacial score (nSPS) is 10.8. The number of imidazole rings is 1. The molecule has 122 valence electrons. The summed E-state index contributed by atoms with van der Waals surface area (Å²) in [4.78, 5) is 15.6. The lowest BCUT2D eigenvalue weighted by Crippen LogP contribution is -2.16. The number of benzene rings is 3. The fourth-order valence-electron chi connectivity index (χ4n) is 2.98. The lowest BCUT2D eigenvalue weighted by atomic mass is 10.0. The number of rotatable bonds is 3. The van der Waals surface area contributed by atoms with Crippen LogP contribution < -0.4 is 5.69 Å². The van der Waals surface area contributed by atoms with Crippen molar-refractivity contribution in [2.24, 2.45) is 0 Å². The van der Waals surface area contributed by atoms with Crippen molar-refractivity contribution in [1.82, 2.24) is 9.55 Å². The highest BCUT2D eigenvalue weighted by molar-refractivity contribution is 5.79. The number of hydrogen-bond donors (Lipinski definition) is 1. The Morgan fingerprint density at radius 2 is 1.28 bits per heavy atom. The highest BCUT2D eigenvalue weighted by atomic mass is 19.1. The van der Waals surface area contributed by atoms with Crippen LogP contribution in [0.5, 0.6) is 0 Å². The van der Waals surface area contributed by atoms with E-state index >= 15 is 0 Å². The van der Waals surface area contributed by atoms with Crippen LogP contribution in [0.3, 0.4) is 0 Å². The summed E-state index contributed by atoms with van der Waals surface area (Å²) in [6.07, 6.45) is 0. The van der Waals surface area contributed by atoms with Crippen molar-refractivity contribution >= 4 is 0 Å². The van der Waals surface area contributed by atoms with Crippen molar-refractivity contribution in [2.45, 2.75) is 0 Å². The van der Waals surface area contributed by atoms with Crippen LogP contribution in [0.1, 0.15) is 0 Å². The lowest BCUT2D eigenvalue weighted by molar-refractivity contribution is 0.617. The molecule has 0 saturated carbocycles. The van der Waals surface area contributed by atoms with E-state index in [0.29, 0.717) is 11.4 Å². The predicted molar refractivity (Wildman–Crippen MR) is 97.2 cm³/mol. The van der Waals surface area contributed by atoms with Gasteiger partial charge in [0.15, 0.2) is 0 Å². The maximum absolute atomic E-state index is 14.4. The fraction of sp³-hybridized carbons (Fsp3) is 0. The van der Waals surface area contributed by atoms with E-state index in [0.717, 1.165) is 11.1 Å². The van der Waals surface area contributed by atoms with Crippen LogP contribution in [0.2, 0.25) is 0 Å². The minimum absolute atomic E-state index is 0.227. The molecular weight excluding hydrogens is 315 g/mol. The minimum Gasteiger partial charge on any atom is -0.305 e. The zero-order chi connectivity index (χ0) is 17.2. The molecule has 4 heteroatoms. The summed E-state index contributed by atoms with van der Waals surface area (Å²) < 4.78 is 15.8. The van der Waals surface area contributed by atoms with E-state index in [1.807, 2.05) is 60.7 Å². The maximum Gasteiger partial charge on any atom is 0.331 e. The van der Waals surface area contributed by atoms with Gasteiger partial charge in [0.25, 0.3) is 0 Å². The van der Waals surface area contributed by atoms with E-state index in [-0.39, 0.29) is 11.4 Å². The Kier molecular flexibility index (Phi) is 3.78. The van der Waals surface area contributed by atoms with Gasteiger partial charge in [-0.15, -0.1) is 0 Å². The first kappa shape index (κ1) is 15.1. The number of nitrogens with zero attached hydrogens (tertiary/aromatic N) is 1. The van der Waals surface area contributed by atoms with Gasteiger partial charge in [0.2, 0.25) is 0 Å². The van der Waals surface area contributed by atoms with Crippen LogP contribution in [0.25, 0.3) is 28.2 Å². The maximum atomic E-state index is 14.4. The molecule has 0 saturated heterocycles. The first-order chi connectivity index (χ1) is 12.3. The van der Waals surface area contributed by atoms with E-state index < -0.39 is 5.82 Å². The second-order valence-corrected chi connectivity index (χ2v) is 5.67. The number of aromatic nitrogens is 2. The Balaban J connectivity index is 2.08. The van der Waals surface area contributed by atoms with E-state index in [1.54, 1.807) is 18.2 Å². The SMILES string of the molecule is O=c1[nH]c(-c2ccccc2)c(-c2ccccc2)n1-c1ccccc1F. The molecule has 4 aromatic rings.